The fourth-order valence-electron chi connectivity index (χ4n) is 2.66. The summed E-state index contributed by atoms with van der Waals surface area (Å²) in [6.07, 6.45) is 0. The molecule has 0 aliphatic heterocycles. The van der Waals surface area contributed by atoms with Crippen LogP contribution in [0.2, 0.25) is 0 Å². The highest BCUT2D eigenvalue weighted by atomic mass is 79.9. The van der Waals surface area contributed by atoms with Crippen LogP contribution in [0, 0.1) is 13.8 Å². The molecular weight excluding hydrogens is 436 g/mol. The molecule has 0 spiro atoms. The zero-order chi connectivity index (χ0) is 18.8. The van der Waals surface area contributed by atoms with Gasteiger partial charge in [-0.15, -0.1) is 11.3 Å². The van der Waals surface area contributed by atoms with Crippen molar-refractivity contribution in [1.29, 1.82) is 0 Å². The maximum absolute atomic E-state index is 12.5. The molecule has 2 aromatic heterocycles. The lowest BCUT2D eigenvalue weighted by molar-refractivity contribution is -0.143. The zero-order valence-corrected chi connectivity index (χ0v) is 17.8. The van der Waals surface area contributed by atoms with Crippen molar-refractivity contribution in [3.05, 3.63) is 48.9 Å². The second-order valence-corrected chi connectivity index (χ2v) is 9.17. The molecule has 1 aromatic carbocycles. The third-order valence-corrected chi connectivity index (χ3v) is 6.53. The summed E-state index contributed by atoms with van der Waals surface area (Å²) in [6.45, 7) is 6.13. The largest absolute Gasteiger partial charge is 0.465 e. The Morgan fingerprint density at radius 3 is 2.65 bits per heavy atom. The summed E-state index contributed by atoms with van der Waals surface area (Å²) in [6, 6.07) is 7.64. The molecule has 0 saturated carbocycles. The van der Waals surface area contributed by atoms with Gasteiger partial charge in [0.25, 0.3) is 5.91 Å². The van der Waals surface area contributed by atoms with E-state index in [1.807, 2.05) is 26.0 Å². The molecular formula is C18H17BrN2O3S2. The number of hydrogen-bond donors (Lipinski definition) is 0. The Morgan fingerprint density at radius 1 is 1.23 bits per heavy atom. The lowest BCUT2D eigenvalue weighted by Gasteiger charge is -2.06. The molecule has 0 aliphatic carbocycles. The maximum atomic E-state index is 12.5. The molecule has 0 saturated heterocycles. The van der Waals surface area contributed by atoms with E-state index < -0.39 is 0 Å². The van der Waals surface area contributed by atoms with Crippen LogP contribution in [0.25, 0.3) is 10.2 Å². The number of fused-ring (bicyclic) bond motifs is 1. The van der Waals surface area contributed by atoms with E-state index in [9.17, 15) is 9.59 Å². The minimum absolute atomic E-state index is 0.0248. The Kier molecular flexibility index (Phi) is 5.74. The van der Waals surface area contributed by atoms with E-state index in [4.69, 9.17) is 4.74 Å². The van der Waals surface area contributed by atoms with Crippen molar-refractivity contribution in [2.45, 2.75) is 27.3 Å². The number of aromatic nitrogens is 1. The van der Waals surface area contributed by atoms with Crippen LogP contribution in [-0.4, -0.2) is 23.1 Å². The molecule has 5 nitrogen and oxygen atoms in total. The Bertz CT molecular complexity index is 1060. The van der Waals surface area contributed by atoms with Crippen LogP contribution in [0.15, 0.2) is 33.0 Å². The number of ether oxygens (including phenoxy) is 1. The monoisotopic (exact) mass is 452 g/mol. The lowest BCUT2D eigenvalue weighted by atomic mass is 10.1. The first-order chi connectivity index (χ1) is 12.4. The van der Waals surface area contributed by atoms with Crippen molar-refractivity contribution in [3.63, 3.8) is 0 Å². The summed E-state index contributed by atoms with van der Waals surface area (Å²) in [5.74, 6) is -0.668. The van der Waals surface area contributed by atoms with Crippen molar-refractivity contribution < 1.29 is 14.3 Å². The predicted molar refractivity (Wildman–Crippen MR) is 108 cm³/mol. The van der Waals surface area contributed by atoms with Crippen molar-refractivity contribution in [3.8, 4) is 0 Å². The molecule has 1 amide bonds. The van der Waals surface area contributed by atoms with Crippen LogP contribution in [0.3, 0.4) is 0 Å². The SMILES string of the molecule is CCOC(=O)Cn1c(=NC(=O)c2ccc(Br)s2)sc2c(C)cc(C)cc21. The topological polar surface area (TPSA) is 60.7 Å². The van der Waals surface area contributed by atoms with Crippen LogP contribution in [0.1, 0.15) is 27.7 Å². The quantitative estimate of drug-likeness (QED) is 0.549. The molecule has 8 heteroatoms. The van der Waals surface area contributed by atoms with Gasteiger partial charge in [-0.3, -0.25) is 9.59 Å². The number of carbonyl (C=O) groups excluding carboxylic acids is 2. The van der Waals surface area contributed by atoms with Gasteiger partial charge in [-0.25, -0.2) is 0 Å². The number of rotatable bonds is 4. The van der Waals surface area contributed by atoms with E-state index in [1.54, 1.807) is 17.6 Å². The number of amides is 1. The van der Waals surface area contributed by atoms with Crippen molar-refractivity contribution in [1.82, 2.24) is 4.57 Å². The van der Waals surface area contributed by atoms with Gasteiger partial charge in [0.1, 0.15) is 6.54 Å². The van der Waals surface area contributed by atoms with Gasteiger partial charge in [-0.05, 0) is 66.0 Å². The molecule has 0 fully saturated rings. The smallest absolute Gasteiger partial charge is 0.326 e. The Hall–Kier alpha value is -1.77. The summed E-state index contributed by atoms with van der Waals surface area (Å²) in [7, 11) is 0. The fourth-order valence-corrected chi connectivity index (χ4v) is 5.01. The second kappa shape index (κ2) is 7.85. The highest BCUT2D eigenvalue weighted by Gasteiger charge is 2.15. The molecule has 0 unspecified atom stereocenters. The van der Waals surface area contributed by atoms with Crippen LogP contribution in [0.4, 0.5) is 0 Å². The number of thiazole rings is 1. The number of nitrogens with zero attached hydrogens (tertiary/aromatic N) is 2. The zero-order valence-electron chi connectivity index (χ0n) is 14.5. The number of benzene rings is 1. The average molecular weight is 453 g/mol. The Labute approximate surface area is 167 Å². The van der Waals surface area contributed by atoms with Crippen LogP contribution in [-0.2, 0) is 16.1 Å². The molecule has 0 aliphatic rings. The Morgan fingerprint density at radius 2 is 2.00 bits per heavy atom. The first-order valence-electron chi connectivity index (χ1n) is 7.99. The van der Waals surface area contributed by atoms with Gasteiger partial charge in [0.15, 0.2) is 4.80 Å². The molecule has 3 rings (SSSR count). The van der Waals surface area contributed by atoms with E-state index in [0.29, 0.717) is 16.3 Å². The Balaban J connectivity index is 2.16. The number of halogens is 1. The van der Waals surface area contributed by atoms with E-state index in [0.717, 1.165) is 25.1 Å². The fraction of sp³-hybridized carbons (Fsp3) is 0.278. The number of hydrogen-bond acceptors (Lipinski definition) is 5. The lowest BCUT2D eigenvalue weighted by Crippen LogP contribution is -2.23. The highest BCUT2D eigenvalue weighted by molar-refractivity contribution is 9.11. The summed E-state index contributed by atoms with van der Waals surface area (Å²) in [4.78, 5) is 29.9. The number of carbonyl (C=O) groups is 2. The van der Waals surface area contributed by atoms with Crippen LogP contribution < -0.4 is 4.80 Å². The standard InChI is InChI=1S/C18H17BrN2O3S2/c1-4-24-15(22)9-21-12-8-10(2)7-11(3)16(12)26-18(21)20-17(23)13-5-6-14(19)25-13/h5-8H,4,9H2,1-3H3. The highest BCUT2D eigenvalue weighted by Crippen LogP contribution is 2.25. The number of esters is 1. The molecule has 0 radical (unpaired) electrons. The first kappa shape index (κ1) is 19.0. The molecule has 26 heavy (non-hydrogen) atoms. The summed E-state index contributed by atoms with van der Waals surface area (Å²) < 4.78 is 8.74. The minimum Gasteiger partial charge on any atom is -0.465 e. The molecule has 0 N–H and O–H groups in total. The van der Waals surface area contributed by atoms with E-state index >= 15 is 0 Å². The van der Waals surface area contributed by atoms with E-state index in [2.05, 4.69) is 27.0 Å². The van der Waals surface area contributed by atoms with Gasteiger partial charge < -0.3 is 9.30 Å². The van der Waals surface area contributed by atoms with Crippen LogP contribution in [0.5, 0.6) is 0 Å². The molecule has 2 heterocycles. The van der Waals surface area contributed by atoms with E-state index in [-0.39, 0.29) is 18.4 Å². The van der Waals surface area contributed by atoms with Crippen molar-refractivity contribution >= 4 is 60.7 Å². The predicted octanol–water partition coefficient (Wildman–Crippen LogP) is 4.45. The third kappa shape index (κ3) is 3.97. The third-order valence-electron chi connectivity index (χ3n) is 3.69. The first-order valence-corrected chi connectivity index (χ1v) is 10.4. The van der Waals surface area contributed by atoms with E-state index in [1.165, 1.54) is 22.7 Å². The molecule has 3 aromatic rings. The minimum atomic E-state index is -0.348. The average Bonchev–Trinajstić information content (AvgIpc) is 3.13. The second-order valence-electron chi connectivity index (χ2n) is 5.73. The van der Waals surface area contributed by atoms with Gasteiger partial charge in [0, 0.05) is 0 Å². The summed E-state index contributed by atoms with van der Waals surface area (Å²) >= 11 is 6.10. The molecule has 136 valence electrons. The van der Waals surface area contributed by atoms with Gasteiger partial charge in [0.2, 0.25) is 0 Å². The summed E-state index contributed by atoms with van der Waals surface area (Å²) in [5.41, 5.74) is 3.07. The van der Waals surface area contributed by atoms with Crippen LogP contribution >= 0.6 is 38.6 Å². The van der Waals surface area contributed by atoms with Crippen molar-refractivity contribution in [2.24, 2.45) is 4.99 Å². The van der Waals surface area contributed by atoms with Gasteiger partial charge >= 0.3 is 5.97 Å². The van der Waals surface area contributed by atoms with Gasteiger partial charge in [0.05, 0.1) is 25.5 Å². The molecule has 0 atom stereocenters. The number of thiophene rings is 1. The van der Waals surface area contributed by atoms with Gasteiger partial charge in [-0.1, -0.05) is 17.4 Å². The maximum Gasteiger partial charge on any atom is 0.326 e. The number of aryl methyl sites for hydroxylation is 2. The molecule has 0 bridgehead atoms. The van der Waals surface area contributed by atoms with Crippen molar-refractivity contribution in [2.75, 3.05) is 6.61 Å². The summed E-state index contributed by atoms with van der Waals surface area (Å²) in [5, 5.41) is 0. The normalized spacial score (nSPS) is 11.9. The van der Waals surface area contributed by atoms with Gasteiger partial charge in [-0.2, -0.15) is 4.99 Å².